The van der Waals surface area contributed by atoms with Crippen molar-refractivity contribution < 1.29 is 19.2 Å². The van der Waals surface area contributed by atoms with E-state index in [1.807, 2.05) is 0 Å². The molecule has 0 bridgehead atoms. The van der Waals surface area contributed by atoms with Crippen molar-refractivity contribution in [2.75, 3.05) is 19.8 Å². The number of rotatable bonds is 5. The second-order valence-electron chi connectivity index (χ2n) is 3.78. The lowest BCUT2D eigenvalue weighted by molar-refractivity contribution is -0.336. The highest BCUT2D eigenvalue weighted by Gasteiger charge is 2.23. The van der Waals surface area contributed by atoms with Crippen LogP contribution in [0.15, 0.2) is 0 Å². The minimum absolute atomic E-state index is 0.194. The van der Waals surface area contributed by atoms with Crippen LogP contribution in [0.1, 0.15) is 27.7 Å². The maximum atomic E-state index is 11.5. The summed E-state index contributed by atoms with van der Waals surface area (Å²) in [7, 11) is 0. The molecule has 0 saturated carbocycles. The van der Waals surface area contributed by atoms with E-state index in [-0.39, 0.29) is 6.61 Å². The van der Waals surface area contributed by atoms with E-state index in [4.69, 9.17) is 20.1 Å². The predicted octanol–water partition coefficient (Wildman–Crippen LogP) is 1.07. The van der Waals surface area contributed by atoms with Crippen molar-refractivity contribution in [3.8, 4) is 0 Å². The Morgan fingerprint density at radius 2 is 1.93 bits per heavy atom. The van der Waals surface area contributed by atoms with Gasteiger partial charge in [0.1, 0.15) is 5.60 Å². The van der Waals surface area contributed by atoms with Crippen LogP contribution in [0.2, 0.25) is 0 Å². The van der Waals surface area contributed by atoms with E-state index in [9.17, 15) is 4.79 Å². The third-order valence-corrected chi connectivity index (χ3v) is 1.12. The van der Waals surface area contributed by atoms with E-state index in [1.165, 1.54) is 0 Å². The van der Waals surface area contributed by atoms with E-state index in [0.717, 1.165) is 5.23 Å². The number of carbonyl (C=O) groups is 1. The molecule has 0 aromatic heterocycles. The molecule has 0 aliphatic rings. The molecule has 0 unspecified atom stereocenters. The van der Waals surface area contributed by atoms with Crippen LogP contribution in [0.25, 0.3) is 0 Å². The minimum Gasteiger partial charge on any atom is -0.441 e. The van der Waals surface area contributed by atoms with Crippen molar-refractivity contribution >= 4 is 6.09 Å². The molecule has 2 N–H and O–H groups in total. The standard InChI is InChI=1S/C9H20N2O4/c1-5-13-11(14-7-6-10)8(12)15-9(2,3)4/h5-7,10H2,1-4H3. The summed E-state index contributed by atoms with van der Waals surface area (Å²) in [4.78, 5) is 21.4. The average molecular weight is 220 g/mol. The Hall–Kier alpha value is -0.850. The summed E-state index contributed by atoms with van der Waals surface area (Å²) in [6.07, 6.45) is -0.683. The lowest BCUT2D eigenvalue weighted by atomic mass is 10.2. The fourth-order valence-electron chi connectivity index (χ4n) is 0.695. The zero-order valence-corrected chi connectivity index (χ0v) is 9.78. The number of hydroxylamine groups is 2. The smallest absolute Gasteiger partial charge is 0.441 e. The SMILES string of the molecule is CCON(OCCN)C(=O)OC(C)(C)C. The largest absolute Gasteiger partial charge is 0.460 e. The summed E-state index contributed by atoms with van der Waals surface area (Å²) in [6.45, 7) is 7.83. The fourth-order valence-corrected chi connectivity index (χ4v) is 0.695. The molecule has 0 radical (unpaired) electrons. The first kappa shape index (κ1) is 14.2. The number of hydrogen-bond donors (Lipinski definition) is 1. The van der Waals surface area contributed by atoms with Crippen molar-refractivity contribution in [3.05, 3.63) is 0 Å². The van der Waals surface area contributed by atoms with Gasteiger partial charge in [0.25, 0.3) is 0 Å². The third kappa shape index (κ3) is 7.12. The van der Waals surface area contributed by atoms with E-state index >= 15 is 0 Å². The quantitative estimate of drug-likeness (QED) is 0.701. The van der Waals surface area contributed by atoms with Crippen LogP contribution in [-0.4, -0.2) is 36.7 Å². The molecule has 90 valence electrons. The molecule has 1 amide bonds. The summed E-state index contributed by atoms with van der Waals surface area (Å²) in [6, 6.07) is 0. The summed E-state index contributed by atoms with van der Waals surface area (Å²) >= 11 is 0. The van der Waals surface area contributed by atoms with Gasteiger partial charge < -0.3 is 10.5 Å². The molecular weight excluding hydrogens is 200 g/mol. The van der Waals surface area contributed by atoms with E-state index < -0.39 is 11.7 Å². The van der Waals surface area contributed by atoms with E-state index in [1.54, 1.807) is 27.7 Å². The topological polar surface area (TPSA) is 74.0 Å². The number of nitrogens with zero attached hydrogens (tertiary/aromatic N) is 1. The van der Waals surface area contributed by atoms with Gasteiger partial charge in [-0.2, -0.15) is 0 Å². The average Bonchev–Trinajstić information content (AvgIpc) is 2.09. The predicted molar refractivity (Wildman–Crippen MR) is 54.7 cm³/mol. The second-order valence-corrected chi connectivity index (χ2v) is 3.78. The monoisotopic (exact) mass is 220 g/mol. The van der Waals surface area contributed by atoms with Crippen LogP contribution in [-0.2, 0) is 14.4 Å². The van der Waals surface area contributed by atoms with Gasteiger partial charge in [-0.25, -0.2) is 14.5 Å². The van der Waals surface area contributed by atoms with Crippen molar-refractivity contribution in [3.63, 3.8) is 0 Å². The first-order valence-electron chi connectivity index (χ1n) is 4.89. The van der Waals surface area contributed by atoms with Gasteiger partial charge in [-0.3, -0.25) is 0 Å². The highest BCUT2D eigenvalue weighted by Crippen LogP contribution is 2.10. The number of ether oxygens (including phenoxy) is 1. The Balaban J connectivity index is 4.15. The Bertz CT molecular complexity index is 191. The van der Waals surface area contributed by atoms with Gasteiger partial charge in [-0.15, -0.1) is 0 Å². The normalized spacial score (nSPS) is 11.3. The maximum absolute atomic E-state index is 11.5. The molecule has 6 heteroatoms. The van der Waals surface area contributed by atoms with Crippen molar-refractivity contribution in [1.82, 2.24) is 5.23 Å². The number of nitrogens with two attached hydrogens (primary N) is 1. The van der Waals surface area contributed by atoms with Gasteiger partial charge in [0, 0.05) is 6.54 Å². The summed E-state index contributed by atoms with van der Waals surface area (Å²) < 4.78 is 5.05. The van der Waals surface area contributed by atoms with Crippen LogP contribution < -0.4 is 5.73 Å². The van der Waals surface area contributed by atoms with Crippen LogP contribution in [0.4, 0.5) is 4.79 Å². The Kier molecular flexibility index (Phi) is 6.23. The highest BCUT2D eigenvalue weighted by molar-refractivity contribution is 5.65. The second kappa shape index (κ2) is 6.60. The van der Waals surface area contributed by atoms with Crippen LogP contribution in [0.3, 0.4) is 0 Å². The molecule has 0 atom stereocenters. The Morgan fingerprint density at radius 1 is 1.33 bits per heavy atom. The molecule has 0 saturated heterocycles. The summed E-state index contributed by atoms with van der Waals surface area (Å²) in [5, 5.41) is 0.720. The zero-order valence-electron chi connectivity index (χ0n) is 9.78. The number of amides is 1. The molecule has 15 heavy (non-hydrogen) atoms. The van der Waals surface area contributed by atoms with Crippen molar-refractivity contribution in [2.24, 2.45) is 5.73 Å². The highest BCUT2D eigenvalue weighted by atomic mass is 17.0. The van der Waals surface area contributed by atoms with Crippen LogP contribution in [0.5, 0.6) is 0 Å². The van der Waals surface area contributed by atoms with E-state index in [0.29, 0.717) is 13.2 Å². The molecule has 0 aliphatic heterocycles. The zero-order chi connectivity index (χ0) is 11.9. The molecule has 0 spiro atoms. The van der Waals surface area contributed by atoms with Gasteiger partial charge in [0.15, 0.2) is 0 Å². The lowest BCUT2D eigenvalue weighted by Gasteiger charge is -2.24. The molecule has 0 aromatic rings. The first-order chi connectivity index (χ1) is 6.90. The number of carbonyl (C=O) groups excluding carboxylic acids is 1. The van der Waals surface area contributed by atoms with Crippen LogP contribution >= 0.6 is 0 Å². The first-order valence-corrected chi connectivity index (χ1v) is 4.89. The van der Waals surface area contributed by atoms with Crippen molar-refractivity contribution in [2.45, 2.75) is 33.3 Å². The third-order valence-electron chi connectivity index (χ3n) is 1.12. The van der Waals surface area contributed by atoms with Crippen LogP contribution in [0, 0.1) is 0 Å². The fraction of sp³-hybridized carbons (Fsp3) is 0.889. The van der Waals surface area contributed by atoms with Gasteiger partial charge >= 0.3 is 6.09 Å². The molecule has 6 nitrogen and oxygen atoms in total. The van der Waals surface area contributed by atoms with Gasteiger partial charge in [0.2, 0.25) is 0 Å². The maximum Gasteiger partial charge on any atom is 0.460 e. The molecular formula is C9H20N2O4. The molecule has 0 aliphatic carbocycles. The minimum atomic E-state index is -0.683. The molecule has 0 rings (SSSR count). The number of hydrogen-bond acceptors (Lipinski definition) is 5. The van der Waals surface area contributed by atoms with Gasteiger partial charge in [0.05, 0.1) is 13.2 Å². The Labute approximate surface area is 90.2 Å². The summed E-state index contributed by atoms with van der Waals surface area (Å²) in [5.74, 6) is 0. The van der Waals surface area contributed by atoms with Crippen molar-refractivity contribution in [1.29, 1.82) is 0 Å². The molecule has 0 fully saturated rings. The molecule has 0 heterocycles. The van der Waals surface area contributed by atoms with E-state index in [2.05, 4.69) is 0 Å². The summed E-state index contributed by atoms with van der Waals surface area (Å²) in [5.41, 5.74) is 4.66. The Morgan fingerprint density at radius 3 is 2.33 bits per heavy atom. The lowest BCUT2D eigenvalue weighted by Crippen LogP contribution is -2.38. The van der Waals surface area contributed by atoms with Gasteiger partial charge in [-0.1, -0.05) is 0 Å². The van der Waals surface area contributed by atoms with Gasteiger partial charge in [-0.05, 0) is 32.9 Å². The molecule has 0 aromatic carbocycles.